The van der Waals surface area contributed by atoms with E-state index in [9.17, 15) is 13.2 Å². The summed E-state index contributed by atoms with van der Waals surface area (Å²) in [6.45, 7) is 7.37. The minimum Gasteiger partial charge on any atom is -0.465 e. The van der Waals surface area contributed by atoms with Crippen molar-refractivity contribution in [2.45, 2.75) is 69.9 Å². The van der Waals surface area contributed by atoms with Gasteiger partial charge in [-0.1, -0.05) is 24.6 Å². The lowest BCUT2D eigenvalue weighted by atomic mass is 9.85. The van der Waals surface area contributed by atoms with E-state index in [-0.39, 0.29) is 24.0 Å². The van der Waals surface area contributed by atoms with Gasteiger partial charge in [0.05, 0.1) is 11.5 Å². The first kappa shape index (κ1) is 22.9. The highest BCUT2D eigenvalue weighted by Gasteiger charge is 2.52. The van der Waals surface area contributed by atoms with Crippen LogP contribution in [0.1, 0.15) is 60.7 Å². The average molecular weight is 489 g/mol. The molecule has 0 saturated carbocycles. The van der Waals surface area contributed by atoms with E-state index >= 15 is 0 Å². The Morgan fingerprint density at radius 1 is 1.15 bits per heavy atom. The zero-order valence-electron chi connectivity index (χ0n) is 19.5. The largest absolute Gasteiger partial charge is 0.465 e. The predicted octanol–water partition coefficient (Wildman–Crippen LogP) is 4.46. The molecule has 0 unspecified atom stereocenters. The molecule has 3 heterocycles. The average Bonchev–Trinajstić information content (AvgIpc) is 3.37. The van der Waals surface area contributed by atoms with Crippen LogP contribution in [-0.4, -0.2) is 45.0 Å². The summed E-state index contributed by atoms with van der Waals surface area (Å²) in [6, 6.07) is 6.87. The van der Waals surface area contributed by atoms with E-state index in [1.165, 1.54) is 10.4 Å². The van der Waals surface area contributed by atoms with Gasteiger partial charge in [0.25, 0.3) is 10.0 Å². The number of sulfonamides is 1. The number of carbonyl (C=O) groups excluding carboxylic acids is 1. The predicted molar refractivity (Wildman–Crippen MR) is 130 cm³/mol. The van der Waals surface area contributed by atoms with Crippen molar-refractivity contribution < 1.29 is 17.9 Å². The zero-order chi connectivity index (χ0) is 23.3. The number of carbonyl (C=O) groups is 1. The number of fused-ring (bicyclic) bond motifs is 5. The van der Waals surface area contributed by atoms with Crippen LogP contribution in [0.3, 0.4) is 0 Å². The quantitative estimate of drug-likeness (QED) is 0.582. The summed E-state index contributed by atoms with van der Waals surface area (Å²) < 4.78 is 34.8. The molecule has 1 aromatic heterocycles. The van der Waals surface area contributed by atoms with Gasteiger partial charge in [0, 0.05) is 23.0 Å². The second-order valence-corrected chi connectivity index (χ2v) is 12.3. The van der Waals surface area contributed by atoms with Crippen molar-refractivity contribution in [3.63, 3.8) is 0 Å². The van der Waals surface area contributed by atoms with E-state index in [0.717, 1.165) is 48.4 Å². The summed E-state index contributed by atoms with van der Waals surface area (Å²) in [4.78, 5) is 16.8. The molecule has 33 heavy (non-hydrogen) atoms. The van der Waals surface area contributed by atoms with Gasteiger partial charge in [0.1, 0.15) is 11.0 Å². The number of ether oxygens (including phenoxy) is 1. The van der Waals surface area contributed by atoms with Crippen LogP contribution in [-0.2, 0) is 32.4 Å². The summed E-state index contributed by atoms with van der Waals surface area (Å²) in [6.07, 6.45) is 4.90. The standard InChI is InChI=1S/C25H32N2O4S2/c1-4-26-20(25(28)31-5-2)14-17-15-27(33(29,30)18-12-10-16(3)11-13-18)24-22(23(17)26)19-8-6-7-9-21(19)32-24/h10-13,17,20,23H,4-9,14-15H2,1-3H3/t17-,20-,23-/m0/s1. The fraction of sp³-hybridized carbons (Fsp3) is 0.560. The van der Waals surface area contributed by atoms with E-state index in [0.29, 0.717) is 24.5 Å². The molecular weight excluding hydrogens is 456 g/mol. The summed E-state index contributed by atoms with van der Waals surface area (Å²) in [5, 5.41) is 0.867. The van der Waals surface area contributed by atoms with Gasteiger partial charge in [-0.15, -0.1) is 11.3 Å². The second kappa shape index (κ2) is 8.71. The molecule has 6 nitrogen and oxygen atoms in total. The molecule has 1 aliphatic carbocycles. The van der Waals surface area contributed by atoms with Crippen LogP contribution in [0.5, 0.6) is 0 Å². The fourth-order valence-electron chi connectivity index (χ4n) is 5.89. The lowest BCUT2D eigenvalue weighted by molar-refractivity contribution is -0.148. The van der Waals surface area contributed by atoms with Crippen molar-refractivity contribution in [2.24, 2.45) is 5.92 Å². The third-order valence-electron chi connectivity index (χ3n) is 7.38. The lowest BCUT2D eigenvalue weighted by Crippen LogP contribution is -2.43. The Bertz CT molecular complexity index is 1160. The highest BCUT2D eigenvalue weighted by molar-refractivity contribution is 7.93. The molecule has 0 bridgehead atoms. The number of anilines is 1. The number of aryl methyl sites for hydroxylation is 2. The van der Waals surface area contributed by atoms with E-state index < -0.39 is 10.0 Å². The number of likely N-dealkylation sites (N-methyl/N-ethyl adjacent to an activating group) is 1. The number of rotatable bonds is 5. The molecule has 0 amide bonds. The van der Waals surface area contributed by atoms with Crippen LogP contribution in [0.15, 0.2) is 29.2 Å². The topological polar surface area (TPSA) is 66.9 Å². The molecular formula is C25H32N2O4S2. The van der Waals surface area contributed by atoms with Crippen molar-refractivity contribution in [3.05, 3.63) is 45.8 Å². The molecule has 0 radical (unpaired) electrons. The van der Waals surface area contributed by atoms with Crippen LogP contribution >= 0.6 is 11.3 Å². The maximum Gasteiger partial charge on any atom is 0.323 e. The molecule has 3 aliphatic rings. The summed E-state index contributed by atoms with van der Waals surface area (Å²) in [7, 11) is -3.69. The minimum atomic E-state index is -3.69. The van der Waals surface area contributed by atoms with Crippen molar-refractivity contribution in [2.75, 3.05) is 24.0 Å². The Kier molecular flexibility index (Phi) is 6.04. The first-order valence-corrected chi connectivity index (χ1v) is 14.3. The molecule has 0 N–H and O–H groups in total. The number of thiophene rings is 1. The number of benzene rings is 1. The lowest BCUT2D eigenvalue weighted by Gasteiger charge is -2.39. The molecule has 1 fully saturated rings. The summed E-state index contributed by atoms with van der Waals surface area (Å²) >= 11 is 1.66. The van der Waals surface area contributed by atoms with E-state index in [1.54, 1.807) is 27.8 Å². The van der Waals surface area contributed by atoms with Crippen LogP contribution in [0, 0.1) is 12.8 Å². The first-order chi connectivity index (χ1) is 15.9. The Morgan fingerprint density at radius 2 is 1.88 bits per heavy atom. The van der Waals surface area contributed by atoms with Crippen molar-refractivity contribution in [3.8, 4) is 0 Å². The van der Waals surface area contributed by atoms with Crippen LogP contribution in [0.25, 0.3) is 0 Å². The van der Waals surface area contributed by atoms with Crippen molar-refractivity contribution in [1.82, 2.24) is 4.90 Å². The number of hydrogen-bond acceptors (Lipinski definition) is 6. The fourth-order valence-corrected chi connectivity index (χ4v) is 9.08. The van der Waals surface area contributed by atoms with Gasteiger partial charge in [0.2, 0.25) is 0 Å². The third-order valence-corrected chi connectivity index (χ3v) is 10.6. The molecule has 2 aliphatic heterocycles. The number of hydrogen-bond donors (Lipinski definition) is 0. The molecule has 1 aromatic carbocycles. The zero-order valence-corrected chi connectivity index (χ0v) is 21.2. The van der Waals surface area contributed by atoms with Crippen molar-refractivity contribution >= 4 is 32.3 Å². The van der Waals surface area contributed by atoms with Crippen LogP contribution in [0.4, 0.5) is 5.00 Å². The van der Waals surface area contributed by atoms with Gasteiger partial charge >= 0.3 is 5.97 Å². The molecule has 1 saturated heterocycles. The molecule has 5 rings (SSSR count). The molecule has 178 valence electrons. The monoisotopic (exact) mass is 488 g/mol. The number of likely N-dealkylation sites (tertiary alicyclic amines) is 1. The van der Waals surface area contributed by atoms with Gasteiger partial charge in [-0.3, -0.25) is 14.0 Å². The Labute approximate surface area is 200 Å². The molecule has 3 atom stereocenters. The molecule has 0 spiro atoms. The van der Waals surface area contributed by atoms with Crippen LogP contribution < -0.4 is 4.31 Å². The van der Waals surface area contributed by atoms with E-state index in [1.807, 2.05) is 26.0 Å². The first-order valence-electron chi connectivity index (χ1n) is 12.0. The van der Waals surface area contributed by atoms with Gasteiger partial charge in [-0.05, 0) is 76.1 Å². The smallest absolute Gasteiger partial charge is 0.323 e. The van der Waals surface area contributed by atoms with E-state index in [2.05, 4.69) is 11.8 Å². The highest BCUT2D eigenvalue weighted by atomic mass is 32.2. The Balaban J connectivity index is 1.63. The van der Waals surface area contributed by atoms with Gasteiger partial charge in [-0.2, -0.15) is 0 Å². The van der Waals surface area contributed by atoms with Gasteiger partial charge < -0.3 is 4.74 Å². The van der Waals surface area contributed by atoms with Gasteiger partial charge in [0.15, 0.2) is 0 Å². The highest BCUT2D eigenvalue weighted by Crippen LogP contribution is 2.55. The van der Waals surface area contributed by atoms with Crippen LogP contribution in [0.2, 0.25) is 0 Å². The maximum absolute atomic E-state index is 13.9. The maximum atomic E-state index is 13.9. The summed E-state index contributed by atoms with van der Waals surface area (Å²) in [5.41, 5.74) is 3.53. The Hall–Kier alpha value is -1.90. The SMILES string of the molecule is CCOC(=O)[C@@H]1C[C@H]2CN(S(=O)(=O)c3ccc(C)cc3)c3sc4c(c3[C@H]2N1CC)CCCC4. The molecule has 8 heteroatoms. The minimum absolute atomic E-state index is 0.0627. The summed E-state index contributed by atoms with van der Waals surface area (Å²) in [5.74, 6) is -0.125. The van der Waals surface area contributed by atoms with E-state index in [4.69, 9.17) is 4.74 Å². The second-order valence-electron chi connectivity index (χ2n) is 9.32. The van der Waals surface area contributed by atoms with Gasteiger partial charge in [-0.25, -0.2) is 8.42 Å². The Morgan fingerprint density at radius 3 is 2.58 bits per heavy atom. The van der Waals surface area contributed by atoms with Crippen molar-refractivity contribution in [1.29, 1.82) is 0 Å². The number of esters is 1. The third kappa shape index (κ3) is 3.70. The molecule has 2 aromatic rings. The number of nitrogens with zero attached hydrogens (tertiary/aromatic N) is 2. The normalized spacial score (nSPS) is 24.8.